The average Bonchev–Trinajstić information content (AvgIpc) is 2.83. The zero-order valence-corrected chi connectivity index (χ0v) is 17.7. The zero-order chi connectivity index (χ0) is 25.3. The van der Waals surface area contributed by atoms with Gasteiger partial charge in [0.25, 0.3) is 0 Å². The minimum Gasteiger partial charge on any atom is -0.394 e. The Morgan fingerprint density at radius 3 is 1.50 bits per heavy atom. The van der Waals surface area contributed by atoms with Crippen molar-refractivity contribution in [2.45, 2.75) is 92.1 Å². The third-order valence-corrected chi connectivity index (χ3v) is 6.09. The molecule has 0 unspecified atom stereocenters. The molecule has 11 N–H and O–H groups in total. The van der Waals surface area contributed by atoms with Gasteiger partial charge in [-0.3, -0.25) is 0 Å². The van der Waals surface area contributed by atoms with Crippen LogP contribution in [0, 0.1) is 0 Å². The largest absolute Gasteiger partial charge is 0.394 e. The van der Waals surface area contributed by atoms with Gasteiger partial charge in [0.2, 0.25) is 0 Å². The van der Waals surface area contributed by atoms with Crippen LogP contribution in [-0.4, -0.2) is 168 Å². The smallest absolute Gasteiger partial charge is 0.187 e. The fourth-order valence-corrected chi connectivity index (χ4v) is 4.05. The van der Waals surface area contributed by atoms with Crippen LogP contribution in [0.1, 0.15) is 0 Å². The van der Waals surface area contributed by atoms with Crippen LogP contribution < -0.4 is 0 Å². The lowest BCUT2D eigenvalue weighted by Crippen LogP contribution is -2.66. The van der Waals surface area contributed by atoms with Crippen LogP contribution in [0.15, 0.2) is 0 Å². The third kappa shape index (κ3) is 5.37. The Hall–Kier alpha value is -0.640. The van der Waals surface area contributed by atoms with Gasteiger partial charge in [0.15, 0.2) is 18.9 Å². The van der Waals surface area contributed by atoms with E-state index < -0.39 is 112 Å². The first-order valence-electron chi connectivity index (χ1n) is 10.6. The minimum absolute atomic E-state index is 0.759. The van der Waals surface area contributed by atoms with E-state index in [1.165, 1.54) is 0 Å². The maximum atomic E-state index is 10.8. The Morgan fingerprint density at radius 2 is 0.941 bits per heavy atom. The van der Waals surface area contributed by atoms with Crippen LogP contribution >= 0.6 is 0 Å². The first kappa shape index (κ1) is 27.9. The third-order valence-electron chi connectivity index (χ3n) is 6.09. The van der Waals surface area contributed by atoms with E-state index in [1.54, 1.807) is 0 Å². The minimum atomic E-state index is -1.90. The summed E-state index contributed by atoms with van der Waals surface area (Å²) < 4.78 is 26.4. The Labute approximate surface area is 192 Å². The van der Waals surface area contributed by atoms with Crippen molar-refractivity contribution in [2.24, 2.45) is 0 Å². The highest BCUT2D eigenvalue weighted by Crippen LogP contribution is 2.32. The molecule has 200 valence electrons. The van der Waals surface area contributed by atoms with E-state index in [9.17, 15) is 56.2 Å². The highest BCUT2D eigenvalue weighted by Gasteiger charge is 2.53. The van der Waals surface area contributed by atoms with Gasteiger partial charge in [0.1, 0.15) is 73.2 Å². The fraction of sp³-hybridized carbons (Fsp3) is 1.00. The van der Waals surface area contributed by atoms with Crippen LogP contribution in [0.3, 0.4) is 0 Å². The molecule has 3 heterocycles. The van der Waals surface area contributed by atoms with Gasteiger partial charge in [-0.05, 0) is 0 Å². The van der Waals surface area contributed by atoms with Gasteiger partial charge in [-0.2, -0.15) is 0 Å². The molecule has 16 heteroatoms. The number of rotatable bonds is 7. The number of ether oxygens (including phenoxy) is 5. The average molecular weight is 504 g/mol. The van der Waals surface area contributed by atoms with E-state index in [4.69, 9.17) is 23.7 Å². The highest BCUT2D eigenvalue weighted by molar-refractivity contribution is 4.96. The van der Waals surface area contributed by atoms with E-state index in [1.807, 2.05) is 0 Å². The molecule has 16 nitrogen and oxygen atoms in total. The predicted octanol–water partition coefficient (Wildman–Crippen LogP) is -7.57. The van der Waals surface area contributed by atoms with Gasteiger partial charge in [-0.1, -0.05) is 0 Å². The van der Waals surface area contributed by atoms with Crippen molar-refractivity contribution in [3.63, 3.8) is 0 Å². The van der Waals surface area contributed by atoms with Crippen LogP contribution in [0.5, 0.6) is 0 Å². The lowest BCUT2D eigenvalue weighted by molar-refractivity contribution is -0.378. The molecule has 0 aromatic heterocycles. The van der Waals surface area contributed by atoms with Crippen molar-refractivity contribution >= 4 is 0 Å². The molecule has 15 atom stereocenters. The van der Waals surface area contributed by atoms with Crippen molar-refractivity contribution in [3.8, 4) is 0 Å². The highest BCUT2D eigenvalue weighted by atomic mass is 16.7. The molecule has 0 bridgehead atoms. The summed E-state index contributed by atoms with van der Waals surface area (Å²) in [7, 11) is 0. The first-order chi connectivity index (χ1) is 16.0. The molecule has 34 heavy (non-hydrogen) atoms. The fourth-order valence-electron chi connectivity index (χ4n) is 4.05. The van der Waals surface area contributed by atoms with Gasteiger partial charge in [-0.15, -0.1) is 0 Å². The van der Waals surface area contributed by atoms with E-state index >= 15 is 0 Å². The maximum absolute atomic E-state index is 10.8. The van der Waals surface area contributed by atoms with Crippen molar-refractivity contribution in [2.75, 3.05) is 19.8 Å². The van der Waals surface area contributed by atoms with E-state index in [2.05, 4.69) is 0 Å². The summed E-state index contributed by atoms with van der Waals surface area (Å²) in [5.41, 5.74) is 0. The van der Waals surface area contributed by atoms with Crippen LogP contribution in [-0.2, 0) is 23.7 Å². The predicted molar refractivity (Wildman–Crippen MR) is 101 cm³/mol. The van der Waals surface area contributed by atoms with Gasteiger partial charge in [-0.25, -0.2) is 0 Å². The molecule has 0 aromatic rings. The van der Waals surface area contributed by atoms with Gasteiger partial charge in [0, 0.05) is 0 Å². The van der Waals surface area contributed by atoms with Crippen LogP contribution in [0.25, 0.3) is 0 Å². The molecule has 3 fully saturated rings. The molecular weight excluding hydrogens is 472 g/mol. The normalized spacial score (nSPS) is 52.5. The summed E-state index contributed by atoms with van der Waals surface area (Å²) in [5.74, 6) is 0. The maximum Gasteiger partial charge on any atom is 0.187 e. The summed E-state index contributed by atoms with van der Waals surface area (Å²) in [5, 5.41) is 109. The second kappa shape index (κ2) is 11.6. The van der Waals surface area contributed by atoms with Crippen molar-refractivity contribution in [1.29, 1.82) is 0 Å². The molecule has 3 aliphatic rings. The molecule has 0 aromatic carbocycles. The lowest BCUT2D eigenvalue weighted by Gasteiger charge is -2.47. The summed E-state index contributed by atoms with van der Waals surface area (Å²) in [6, 6.07) is 0. The second-order valence-corrected chi connectivity index (χ2v) is 8.33. The Kier molecular flexibility index (Phi) is 9.54. The number of aliphatic hydroxyl groups is 11. The first-order valence-corrected chi connectivity index (χ1v) is 10.6. The molecule has 0 aliphatic carbocycles. The van der Waals surface area contributed by atoms with Crippen LogP contribution in [0.2, 0.25) is 0 Å². The van der Waals surface area contributed by atoms with Gasteiger partial charge >= 0.3 is 0 Å². The summed E-state index contributed by atoms with van der Waals surface area (Å²) >= 11 is 0. The van der Waals surface area contributed by atoms with Gasteiger partial charge in [0.05, 0.1) is 19.8 Å². The van der Waals surface area contributed by atoms with Crippen molar-refractivity contribution in [3.05, 3.63) is 0 Å². The van der Waals surface area contributed by atoms with Crippen molar-refractivity contribution in [1.82, 2.24) is 0 Å². The summed E-state index contributed by atoms with van der Waals surface area (Å²) in [6.07, 6.45) is -25.4. The molecule has 3 aliphatic heterocycles. The molecule has 0 radical (unpaired) electrons. The van der Waals surface area contributed by atoms with Crippen molar-refractivity contribution < 1.29 is 79.9 Å². The van der Waals surface area contributed by atoms with E-state index in [-0.39, 0.29) is 0 Å². The van der Waals surface area contributed by atoms with Crippen LogP contribution in [0.4, 0.5) is 0 Å². The Bertz CT molecular complexity index is 637. The van der Waals surface area contributed by atoms with E-state index in [0.29, 0.717) is 0 Å². The quantitative estimate of drug-likeness (QED) is 0.154. The number of hydrogen-bond donors (Lipinski definition) is 11. The molecule has 0 saturated carbocycles. The molecule has 0 amide bonds. The molecular formula is C18H32O16. The summed E-state index contributed by atoms with van der Waals surface area (Å²) in [6.45, 7) is -2.34. The standard InChI is InChI=1S/C18H32O16/c19-1-4-7(22)9(24)12(27)17(31-4)34-15-8(23)5(2-20)32-18(13(15)28)33-14-6(3-21)30-16(29)11(26)10(14)25/h4-29H,1-3H2/t4-,5-,6-,7-,8-,9+,10-,11-,12+,13-,14-,15+,16+,17-,18-/m1/s1. The van der Waals surface area contributed by atoms with E-state index in [0.717, 1.165) is 0 Å². The monoisotopic (exact) mass is 504 g/mol. The molecule has 3 rings (SSSR count). The van der Waals surface area contributed by atoms with Gasteiger partial charge < -0.3 is 79.9 Å². The summed E-state index contributed by atoms with van der Waals surface area (Å²) in [4.78, 5) is 0. The second-order valence-electron chi connectivity index (χ2n) is 8.33. The Morgan fingerprint density at radius 1 is 0.441 bits per heavy atom. The Balaban J connectivity index is 1.78. The zero-order valence-electron chi connectivity index (χ0n) is 17.7. The molecule has 3 saturated heterocycles. The number of hydrogen-bond acceptors (Lipinski definition) is 16. The molecule has 0 spiro atoms. The SMILES string of the molecule is OC[C@H]1O[C@H](O[C@@H]2[C@@H](O)[C@@H](O[C@H]3[C@H](O)[C@@H](O)[C@@H](O)O[C@@H]3CO)O[C@H](CO)[C@H]2O)[C@@H](O)[C@@H](O)[C@@H]1O. The number of aliphatic hydroxyl groups excluding tert-OH is 11. The topological polar surface area (TPSA) is 269 Å². The lowest BCUT2D eigenvalue weighted by atomic mass is 9.96.